The molecule has 2 atom stereocenters. The van der Waals surface area contributed by atoms with Gasteiger partial charge in [-0.2, -0.15) is 0 Å². The molecule has 0 saturated heterocycles. The molecule has 77 heavy (non-hydrogen) atoms. The summed E-state index contributed by atoms with van der Waals surface area (Å²) in [5.41, 5.74) is 5.37. The van der Waals surface area contributed by atoms with E-state index in [0.717, 1.165) is 141 Å². The molecule has 0 saturated carbocycles. The average Bonchev–Trinajstić information content (AvgIpc) is 3.42. The molecular weight excluding hydrogens is 978 g/mol. The number of phosphoric ester groups is 1. The second kappa shape index (κ2) is 60.1. The number of rotatable bonds is 51. The highest BCUT2D eigenvalue weighted by molar-refractivity contribution is 7.47. The van der Waals surface area contributed by atoms with Gasteiger partial charge in [0.05, 0.1) is 13.2 Å². The van der Waals surface area contributed by atoms with E-state index in [1.165, 1.54) is 0 Å². The number of allylic oxidation sites excluding steroid dienone is 32. The lowest BCUT2D eigenvalue weighted by atomic mass is 10.1. The monoisotopic (exact) mass is 1080 g/mol. The van der Waals surface area contributed by atoms with Crippen LogP contribution >= 0.6 is 7.82 Å². The van der Waals surface area contributed by atoms with Gasteiger partial charge in [0.1, 0.15) is 6.61 Å². The number of carbonyl (C=O) groups excluding carboxylic acids is 2. The molecule has 0 aliphatic rings. The summed E-state index contributed by atoms with van der Waals surface area (Å²) in [6.07, 6.45) is 92.1. The quantitative estimate of drug-likeness (QED) is 0.0264. The molecule has 0 aromatic carbocycles. The summed E-state index contributed by atoms with van der Waals surface area (Å²) in [7, 11) is -4.42. The fraction of sp³-hybridized carbons (Fsp3) is 0.493. The van der Waals surface area contributed by atoms with Gasteiger partial charge in [-0.1, -0.05) is 221 Å². The summed E-state index contributed by atoms with van der Waals surface area (Å²) < 4.78 is 32.9. The summed E-state index contributed by atoms with van der Waals surface area (Å²) in [6.45, 7) is 3.39. The van der Waals surface area contributed by atoms with Crippen LogP contribution in [0.5, 0.6) is 0 Å². The van der Waals surface area contributed by atoms with Crippen molar-refractivity contribution in [2.75, 3.05) is 26.4 Å². The Labute approximate surface area is 468 Å². The Hall–Kier alpha value is -5.15. The minimum Gasteiger partial charge on any atom is -0.462 e. The molecule has 0 aliphatic carbocycles. The molecule has 0 aromatic rings. The zero-order valence-corrected chi connectivity index (χ0v) is 48.5. The second-order valence-electron chi connectivity index (χ2n) is 18.0. The first-order chi connectivity index (χ1) is 37.8. The van der Waals surface area contributed by atoms with Crippen molar-refractivity contribution in [1.29, 1.82) is 0 Å². The molecule has 0 radical (unpaired) electrons. The van der Waals surface area contributed by atoms with E-state index in [4.69, 9.17) is 24.3 Å². The Morgan fingerprint density at radius 3 is 1.01 bits per heavy atom. The Kier molecular flexibility index (Phi) is 56.1. The number of unbranched alkanes of at least 4 members (excludes halogenated alkanes) is 6. The number of hydrogen-bond donors (Lipinski definition) is 2. The van der Waals surface area contributed by atoms with Crippen molar-refractivity contribution in [2.45, 2.75) is 187 Å². The Bertz CT molecular complexity index is 1950. The van der Waals surface area contributed by atoms with Crippen LogP contribution in [0.4, 0.5) is 0 Å². The molecule has 428 valence electrons. The lowest BCUT2D eigenvalue weighted by Gasteiger charge is -2.19. The van der Waals surface area contributed by atoms with Crippen molar-refractivity contribution in [3.63, 3.8) is 0 Å². The molecule has 0 heterocycles. The SMILES string of the molecule is CC/C=C\C/C=C\C/C=C\C/C=C\C/C=C\C/C=C\C/C=C\C/C=C\C/C=C\C/C=C\C/C=C\C/C=C\CCCCC(=O)OC(COC(=O)CCCCCC/C=C\C/C=C\C/C=C\C/C=C\CC)COP(=O)(O)OCCN. The van der Waals surface area contributed by atoms with Crippen LogP contribution in [0.15, 0.2) is 194 Å². The van der Waals surface area contributed by atoms with Gasteiger partial charge in [-0.3, -0.25) is 18.6 Å². The molecule has 0 fully saturated rings. The van der Waals surface area contributed by atoms with Crippen LogP contribution in [0.1, 0.15) is 181 Å². The third-order valence-corrected chi connectivity index (χ3v) is 12.0. The maximum atomic E-state index is 12.7. The number of esters is 2. The molecule has 0 bridgehead atoms. The van der Waals surface area contributed by atoms with Gasteiger partial charge >= 0.3 is 19.8 Å². The van der Waals surface area contributed by atoms with Gasteiger partial charge in [-0.25, -0.2) is 4.57 Å². The summed E-state index contributed by atoms with van der Waals surface area (Å²) in [4.78, 5) is 35.1. The van der Waals surface area contributed by atoms with Crippen LogP contribution in [0.2, 0.25) is 0 Å². The van der Waals surface area contributed by atoms with E-state index in [1.807, 2.05) is 0 Å². The van der Waals surface area contributed by atoms with E-state index in [-0.39, 0.29) is 32.6 Å². The Morgan fingerprint density at radius 2 is 0.675 bits per heavy atom. The fourth-order valence-corrected chi connectivity index (χ4v) is 7.55. The molecule has 0 aromatic heterocycles. The van der Waals surface area contributed by atoms with Crippen molar-refractivity contribution in [3.8, 4) is 0 Å². The van der Waals surface area contributed by atoms with Crippen LogP contribution in [-0.2, 0) is 32.7 Å². The molecule has 0 rings (SSSR count). The summed E-state index contributed by atoms with van der Waals surface area (Å²) in [6, 6.07) is 0. The first kappa shape index (κ1) is 71.8. The standard InChI is InChI=1S/C67H102NO8P/c1-3-5-7-9-11-13-15-17-19-21-22-23-24-25-26-27-28-29-30-31-32-33-34-35-36-37-38-39-40-41-42-44-46-48-50-52-54-56-58-60-67(70)76-65(64-75-77(71,72)74-62-61-68)63-73-66(69)59-57-55-53-51-49-47-45-43-20-18-16-14-12-10-8-6-4-2/h5-8,11-14,17-20,22-23,25-26,28-29,31-32,34-35,37-38,40-41,44-47,50,52,65H,3-4,9-10,15-16,21,24,27,30,33,36,39,42-43,48-49,51,53-64,68H2,1-2H3,(H,71,72)/b7-5-,8-6-,13-11-,14-12-,19-17-,20-18-,23-22-,26-25-,29-28-,32-31-,35-34-,38-37-,41-40-,46-44-,47-45-,52-50-. The maximum absolute atomic E-state index is 12.7. The zero-order chi connectivity index (χ0) is 55.9. The normalized spacial score (nSPS) is 14.5. The van der Waals surface area contributed by atoms with Crippen LogP contribution in [-0.4, -0.2) is 49.3 Å². The predicted octanol–water partition coefficient (Wildman–Crippen LogP) is 18.6. The number of nitrogens with two attached hydrogens (primary N) is 1. The average molecular weight is 1080 g/mol. The molecule has 0 amide bonds. The third-order valence-electron chi connectivity index (χ3n) is 11.0. The van der Waals surface area contributed by atoms with Gasteiger partial charge in [-0.05, 0) is 141 Å². The van der Waals surface area contributed by atoms with Crippen LogP contribution in [0, 0.1) is 0 Å². The minimum atomic E-state index is -4.42. The molecular formula is C67H102NO8P. The largest absolute Gasteiger partial charge is 0.472 e. The highest BCUT2D eigenvalue weighted by Gasteiger charge is 2.26. The van der Waals surface area contributed by atoms with Crippen LogP contribution < -0.4 is 5.73 Å². The van der Waals surface area contributed by atoms with Gasteiger partial charge in [0.15, 0.2) is 6.10 Å². The number of ether oxygens (including phenoxy) is 2. The van der Waals surface area contributed by atoms with Gasteiger partial charge in [0.25, 0.3) is 0 Å². The molecule has 3 N–H and O–H groups in total. The molecule has 0 spiro atoms. The van der Waals surface area contributed by atoms with Gasteiger partial charge in [0, 0.05) is 19.4 Å². The topological polar surface area (TPSA) is 134 Å². The third kappa shape index (κ3) is 59.9. The maximum Gasteiger partial charge on any atom is 0.472 e. The van der Waals surface area contributed by atoms with Crippen molar-refractivity contribution in [1.82, 2.24) is 0 Å². The zero-order valence-electron chi connectivity index (χ0n) is 47.6. The first-order valence-electron chi connectivity index (χ1n) is 28.9. The van der Waals surface area contributed by atoms with E-state index in [0.29, 0.717) is 12.8 Å². The molecule has 0 aliphatic heterocycles. The van der Waals surface area contributed by atoms with Crippen molar-refractivity contribution in [2.24, 2.45) is 5.73 Å². The van der Waals surface area contributed by atoms with Crippen molar-refractivity contribution in [3.05, 3.63) is 194 Å². The summed E-state index contributed by atoms with van der Waals surface area (Å²) in [5, 5.41) is 0. The summed E-state index contributed by atoms with van der Waals surface area (Å²) >= 11 is 0. The van der Waals surface area contributed by atoms with Crippen molar-refractivity contribution < 1.29 is 37.6 Å². The van der Waals surface area contributed by atoms with Crippen LogP contribution in [0.25, 0.3) is 0 Å². The lowest BCUT2D eigenvalue weighted by molar-refractivity contribution is -0.161. The van der Waals surface area contributed by atoms with E-state index in [2.05, 4.69) is 208 Å². The number of hydrogen-bond acceptors (Lipinski definition) is 8. The van der Waals surface area contributed by atoms with Gasteiger partial charge < -0.3 is 20.1 Å². The van der Waals surface area contributed by atoms with E-state index in [9.17, 15) is 19.0 Å². The van der Waals surface area contributed by atoms with E-state index in [1.54, 1.807) is 0 Å². The van der Waals surface area contributed by atoms with Crippen molar-refractivity contribution >= 4 is 19.8 Å². The number of carbonyl (C=O) groups is 2. The van der Waals surface area contributed by atoms with E-state index >= 15 is 0 Å². The highest BCUT2D eigenvalue weighted by Crippen LogP contribution is 2.43. The smallest absolute Gasteiger partial charge is 0.462 e. The lowest BCUT2D eigenvalue weighted by Crippen LogP contribution is -2.29. The molecule has 10 heteroatoms. The van der Waals surface area contributed by atoms with Gasteiger partial charge in [0.2, 0.25) is 0 Å². The molecule has 2 unspecified atom stereocenters. The van der Waals surface area contributed by atoms with Crippen LogP contribution in [0.3, 0.4) is 0 Å². The van der Waals surface area contributed by atoms with E-state index < -0.39 is 32.5 Å². The Balaban J connectivity index is 4.16. The van der Waals surface area contributed by atoms with Gasteiger partial charge in [-0.15, -0.1) is 0 Å². The number of phosphoric acid groups is 1. The highest BCUT2D eigenvalue weighted by atomic mass is 31.2. The fourth-order valence-electron chi connectivity index (χ4n) is 6.78. The predicted molar refractivity (Wildman–Crippen MR) is 329 cm³/mol. The first-order valence-corrected chi connectivity index (χ1v) is 30.4. The second-order valence-corrected chi connectivity index (χ2v) is 19.5. The minimum absolute atomic E-state index is 0.0310. The summed E-state index contributed by atoms with van der Waals surface area (Å²) in [5.74, 6) is -0.927. The molecule has 9 nitrogen and oxygen atoms in total. The Morgan fingerprint density at radius 1 is 0.390 bits per heavy atom.